The molecule has 0 aliphatic carbocycles. The third-order valence-electron chi connectivity index (χ3n) is 4.93. The first-order valence-corrected chi connectivity index (χ1v) is 8.76. The van der Waals surface area contributed by atoms with Gasteiger partial charge in [-0.3, -0.25) is 0 Å². The molecule has 0 saturated heterocycles. The number of hydrogen-bond donors (Lipinski definition) is 1. The highest BCUT2D eigenvalue weighted by molar-refractivity contribution is 6.09. The van der Waals surface area contributed by atoms with Crippen LogP contribution in [0.25, 0.3) is 38.6 Å². The van der Waals surface area contributed by atoms with Gasteiger partial charge >= 0.3 is 0 Å². The summed E-state index contributed by atoms with van der Waals surface area (Å²) in [6, 6.07) is 33.8. The molecule has 124 valence electrons. The van der Waals surface area contributed by atoms with Gasteiger partial charge in [0.15, 0.2) is 0 Å². The molecule has 0 spiro atoms. The van der Waals surface area contributed by atoms with Gasteiger partial charge in [-0.1, -0.05) is 60.7 Å². The lowest BCUT2D eigenvalue weighted by Crippen LogP contribution is -1.93. The Labute approximate surface area is 152 Å². The van der Waals surface area contributed by atoms with Gasteiger partial charge < -0.3 is 10.3 Å². The fourth-order valence-electron chi connectivity index (χ4n) is 3.72. The molecule has 0 atom stereocenters. The first kappa shape index (κ1) is 14.8. The maximum Gasteiger partial charge on any atom is 0.0541 e. The van der Waals surface area contributed by atoms with Crippen LogP contribution >= 0.6 is 0 Å². The summed E-state index contributed by atoms with van der Waals surface area (Å²) in [6.07, 6.45) is 0. The van der Waals surface area contributed by atoms with Crippen LogP contribution in [-0.2, 0) is 0 Å². The van der Waals surface area contributed by atoms with Gasteiger partial charge in [-0.05, 0) is 47.5 Å². The highest BCUT2D eigenvalue weighted by Gasteiger charge is 2.11. The molecule has 1 aromatic heterocycles. The Hall–Kier alpha value is -3.52. The number of aromatic nitrogens is 1. The maximum atomic E-state index is 5.92. The maximum absolute atomic E-state index is 5.92. The van der Waals surface area contributed by atoms with Gasteiger partial charge in [-0.15, -0.1) is 0 Å². The predicted octanol–water partition coefficient (Wildman–Crippen LogP) is 6.03. The van der Waals surface area contributed by atoms with Crippen LogP contribution in [0, 0.1) is 0 Å². The fraction of sp³-hybridized carbons (Fsp3) is 0. The molecule has 2 nitrogen and oxygen atoms in total. The van der Waals surface area contributed by atoms with E-state index in [4.69, 9.17) is 5.73 Å². The van der Waals surface area contributed by atoms with E-state index in [0.29, 0.717) is 0 Å². The van der Waals surface area contributed by atoms with Gasteiger partial charge in [0.05, 0.1) is 11.0 Å². The first-order valence-electron chi connectivity index (χ1n) is 8.76. The van der Waals surface area contributed by atoms with Crippen LogP contribution in [0.4, 0.5) is 5.69 Å². The lowest BCUT2D eigenvalue weighted by Gasteiger charge is -2.09. The largest absolute Gasteiger partial charge is 0.399 e. The topological polar surface area (TPSA) is 30.9 Å². The summed E-state index contributed by atoms with van der Waals surface area (Å²) in [5.41, 5.74) is 12.6. The second-order valence-electron chi connectivity index (χ2n) is 6.54. The van der Waals surface area contributed by atoms with E-state index in [2.05, 4.69) is 83.4 Å². The van der Waals surface area contributed by atoms with Crippen LogP contribution in [0.3, 0.4) is 0 Å². The third kappa shape index (κ3) is 2.27. The number of anilines is 1. The number of fused-ring (bicyclic) bond motifs is 3. The van der Waals surface area contributed by atoms with Crippen LogP contribution in [0.2, 0.25) is 0 Å². The summed E-state index contributed by atoms with van der Waals surface area (Å²) >= 11 is 0. The van der Waals surface area contributed by atoms with E-state index in [0.717, 1.165) is 16.9 Å². The first-order chi connectivity index (χ1) is 12.8. The molecular weight excluding hydrogens is 316 g/mol. The molecule has 0 saturated carbocycles. The lowest BCUT2D eigenvalue weighted by molar-refractivity contribution is 1.18. The van der Waals surface area contributed by atoms with Crippen LogP contribution in [0.5, 0.6) is 0 Å². The zero-order valence-corrected chi connectivity index (χ0v) is 14.3. The quantitative estimate of drug-likeness (QED) is 0.392. The van der Waals surface area contributed by atoms with Crippen molar-refractivity contribution in [3.8, 4) is 16.8 Å². The number of nitrogens with two attached hydrogens (primary N) is 1. The summed E-state index contributed by atoms with van der Waals surface area (Å²) in [7, 11) is 0. The van der Waals surface area contributed by atoms with E-state index in [-0.39, 0.29) is 0 Å². The Bertz CT molecular complexity index is 1180. The number of para-hydroxylation sites is 2. The molecule has 0 amide bonds. The van der Waals surface area contributed by atoms with Crippen molar-refractivity contribution in [2.24, 2.45) is 0 Å². The smallest absolute Gasteiger partial charge is 0.0541 e. The molecule has 26 heavy (non-hydrogen) atoms. The second kappa shape index (κ2) is 5.78. The molecule has 2 N–H and O–H groups in total. The molecule has 0 aliphatic heterocycles. The van der Waals surface area contributed by atoms with Crippen molar-refractivity contribution in [1.82, 2.24) is 4.57 Å². The number of nitrogens with zero attached hydrogens (tertiary/aromatic N) is 1. The molecule has 5 rings (SSSR count). The van der Waals surface area contributed by atoms with Crippen molar-refractivity contribution in [1.29, 1.82) is 0 Å². The Kier molecular flexibility index (Phi) is 3.29. The van der Waals surface area contributed by atoms with Crippen LogP contribution < -0.4 is 5.73 Å². The highest BCUT2D eigenvalue weighted by atomic mass is 15.0. The molecule has 0 radical (unpaired) electrons. The van der Waals surface area contributed by atoms with E-state index in [1.54, 1.807) is 0 Å². The van der Waals surface area contributed by atoms with Crippen molar-refractivity contribution in [2.75, 3.05) is 5.73 Å². The van der Waals surface area contributed by atoms with Gasteiger partial charge in [-0.2, -0.15) is 0 Å². The molecular formula is C24H18N2. The average Bonchev–Trinajstić information content (AvgIpc) is 3.03. The van der Waals surface area contributed by atoms with Crippen molar-refractivity contribution in [2.45, 2.75) is 0 Å². The zero-order chi connectivity index (χ0) is 17.5. The van der Waals surface area contributed by atoms with Crippen LogP contribution in [0.15, 0.2) is 97.1 Å². The van der Waals surface area contributed by atoms with Gasteiger partial charge in [0.1, 0.15) is 0 Å². The highest BCUT2D eigenvalue weighted by Crippen LogP contribution is 2.32. The Balaban J connectivity index is 1.70. The SMILES string of the molecule is Nc1cccc(-c2ccc(-n3c4ccccc4c4ccccc43)cc2)c1. The van der Waals surface area contributed by atoms with E-state index < -0.39 is 0 Å². The van der Waals surface area contributed by atoms with Gasteiger partial charge in [-0.25, -0.2) is 0 Å². The monoisotopic (exact) mass is 334 g/mol. The standard InChI is InChI=1S/C24H18N2/c25-19-7-5-6-18(16-19)17-12-14-20(15-13-17)26-23-10-3-1-8-21(23)22-9-2-4-11-24(22)26/h1-16H,25H2. The minimum atomic E-state index is 0.786. The molecule has 5 aromatic rings. The van der Waals surface area contributed by atoms with Crippen molar-refractivity contribution >= 4 is 27.5 Å². The van der Waals surface area contributed by atoms with E-state index >= 15 is 0 Å². The number of hydrogen-bond acceptors (Lipinski definition) is 1. The Morgan fingerprint density at radius 2 is 1.15 bits per heavy atom. The zero-order valence-electron chi connectivity index (χ0n) is 14.3. The minimum absolute atomic E-state index is 0.786. The molecule has 0 aliphatic rings. The molecule has 2 heteroatoms. The van der Waals surface area contributed by atoms with E-state index in [1.807, 2.05) is 18.2 Å². The van der Waals surface area contributed by atoms with E-state index in [9.17, 15) is 0 Å². The summed E-state index contributed by atoms with van der Waals surface area (Å²) in [4.78, 5) is 0. The summed E-state index contributed by atoms with van der Waals surface area (Å²) < 4.78 is 2.33. The van der Waals surface area contributed by atoms with Crippen LogP contribution in [-0.4, -0.2) is 4.57 Å². The van der Waals surface area contributed by atoms with Crippen LogP contribution in [0.1, 0.15) is 0 Å². The molecule has 0 fully saturated rings. The lowest BCUT2D eigenvalue weighted by atomic mass is 10.0. The van der Waals surface area contributed by atoms with Gasteiger partial charge in [0.2, 0.25) is 0 Å². The Morgan fingerprint density at radius 3 is 1.77 bits per heavy atom. The molecule has 4 aromatic carbocycles. The minimum Gasteiger partial charge on any atom is -0.399 e. The van der Waals surface area contributed by atoms with Gasteiger partial charge in [0.25, 0.3) is 0 Å². The number of rotatable bonds is 2. The van der Waals surface area contributed by atoms with Gasteiger partial charge in [0, 0.05) is 22.1 Å². The fourth-order valence-corrected chi connectivity index (χ4v) is 3.72. The molecule has 1 heterocycles. The summed E-state index contributed by atoms with van der Waals surface area (Å²) in [6.45, 7) is 0. The van der Waals surface area contributed by atoms with Crippen molar-refractivity contribution in [3.05, 3.63) is 97.1 Å². The number of nitrogen functional groups attached to an aromatic ring is 1. The van der Waals surface area contributed by atoms with Crippen molar-refractivity contribution < 1.29 is 0 Å². The third-order valence-corrected chi connectivity index (χ3v) is 4.93. The normalized spacial score (nSPS) is 11.2. The predicted molar refractivity (Wildman–Crippen MR) is 111 cm³/mol. The summed E-state index contributed by atoms with van der Waals surface area (Å²) in [5.74, 6) is 0. The Morgan fingerprint density at radius 1 is 0.538 bits per heavy atom. The van der Waals surface area contributed by atoms with E-state index in [1.165, 1.54) is 27.4 Å². The molecule has 0 unspecified atom stereocenters. The second-order valence-corrected chi connectivity index (χ2v) is 6.54. The molecule has 0 bridgehead atoms. The van der Waals surface area contributed by atoms with Crippen molar-refractivity contribution in [3.63, 3.8) is 0 Å². The number of benzene rings is 4. The average molecular weight is 334 g/mol. The summed E-state index contributed by atoms with van der Waals surface area (Å²) in [5, 5.41) is 2.56.